The number of methoxy groups -OCH3 is 3. The van der Waals surface area contributed by atoms with Crippen LogP contribution in [-0.4, -0.2) is 75.6 Å². The Balaban J connectivity index is 1.80. The van der Waals surface area contributed by atoms with Crippen LogP contribution in [0.3, 0.4) is 0 Å². The van der Waals surface area contributed by atoms with E-state index >= 15 is 0 Å². The smallest absolute Gasteiger partial charge is 0.261 e. The number of alkyl halides is 2. The van der Waals surface area contributed by atoms with Gasteiger partial charge in [-0.2, -0.15) is 9.97 Å². The van der Waals surface area contributed by atoms with Gasteiger partial charge in [0, 0.05) is 25.4 Å². The average molecular weight is 561 g/mol. The van der Waals surface area contributed by atoms with Crippen molar-refractivity contribution in [1.82, 2.24) is 34.7 Å². The van der Waals surface area contributed by atoms with E-state index in [0.717, 1.165) is 10.9 Å². The maximum absolute atomic E-state index is 14.4. The first kappa shape index (κ1) is 26.8. The van der Waals surface area contributed by atoms with Gasteiger partial charge in [0.05, 0.1) is 25.2 Å². The molecule has 3 heterocycles. The summed E-state index contributed by atoms with van der Waals surface area (Å²) in [5.74, 6) is -6.23. The van der Waals surface area contributed by atoms with Crippen molar-refractivity contribution in [3.63, 3.8) is 0 Å². The van der Waals surface area contributed by atoms with Crippen LogP contribution < -0.4 is 14.2 Å². The summed E-state index contributed by atoms with van der Waals surface area (Å²) in [7, 11) is -0.421. The lowest BCUT2D eigenvalue weighted by atomic mass is 10.2. The molecule has 1 fully saturated rings. The first-order valence-corrected chi connectivity index (χ1v) is 12.7. The number of halogens is 3. The molecule has 0 spiro atoms. The second kappa shape index (κ2) is 9.90. The topological polar surface area (TPSA) is 156 Å². The zero-order chi connectivity index (χ0) is 27.1. The van der Waals surface area contributed by atoms with Gasteiger partial charge in [0.15, 0.2) is 11.5 Å². The third-order valence-corrected chi connectivity index (χ3v) is 7.93. The van der Waals surface area contributed by atoms with Crippen LogP contribution >= 0.6 is 11.6 Å². The number of sulfonamides is 1. The molecule has 0 unspecified atom stereocenters. The van der Waals surface area contributed by atoms with Gasteiger partial charge in [0.2, 0.25) is 27.7 Å². The fourth-order valence-corrected chi connectivity index (χ4v) is 5.08. The van der Waals surface area contributed by atoms with E-state index in [1.165, 1.54) is 47.6 Å². The van der Waals surface area contributed by atoms with Crippen molar-refractivity contribution in [1.29, 1.82) is 0 Å². The first-order chi connectivity index (χ1) is 17.5. The second-order valence-electron chi connectivity index (χ2n) is 8.17. The van der Waals surface area contributed by atoms with Crippen LogP contribution in [0.1, 0.15) is 37.5 Å². The molecule has 4 rings (SSSR count). The maximum Gasteiger partial charge on any atom is 0.261 e. The Morgan fingerprint density at radius 3 is 2.14 bits per heavy atom. The predicted molar refractivity (Wildman–Crippen MR) is 126 cm³/mol. The van der Waals surface area contributed by atoms with Crippen molar-refractivity contribution in [3.05, 3.63) is 35.4 Å². The molecule has 17 heteroatoms. The van der Waals surface area contributed by atoms with Crippen molar-refractivity contribution in [2.24, 2.45) is 5.92 Å². The molecule has 0 amide bonds. The minimum absolute atomic E-state index is 0.0583. The third-order valence-electron chi connectivity index (χ3n) is 6.04. The largest absolute Gasteiger partial charge is 0.479 e. The summed E-state index contributed by atoms with van der Waals surface area (Å²) in [6.07, 6.45) is 2.64. The van der Waals surface area contributed by atoms with Gasteiger partial charge in [0.25, 0.3) is 5.92 Å². The van der Waals surface area contributed by atoms with Crippen LogP contribution in [0.5, 0.6) is 11.8 Å². The molecule has 0 bridgehead atoms. The summed E-state index contributed by atoms with van der Waals surface area (Å²) in [4.78, 5) is 16.1. The summed E-state index contributed by atoms with van der Waals surface area (Å²) in [5.41, 5.74) is -0.0583. The van der Waals surface area contributed by atoms with Crippen molar-refractivity contribution in [2.45, 2.75) is 37.0 Å². The number of aromatic nitrogens is 7. The molecular weight excluding hydrogens is 538 g/mol. The number of hydrogen-bond acceptors (Lipinski definition) is 11. The summed E-state index contributed by atoms with van der Waals surface area (Å²) in [6, 6.07) is 0. The number of anilines is 1. The number of hydrogen-bond donors (Lipinski definition) is 1. The summed E-state index contributed by atoms with van der Waals surface area (Å²) in [6.45, 7) is 2.71. The molecule has 0 radical (unpaired) electrons. The first-order valence-electron chi connectivity index (χ1n) is 10.8. The molecule has 1 aliphatic rings. The maximum atomic E-state index is 14.4. The highest BCUT2D eigenvalue weighted by atomic mass is 35.5. The number of rotatable bonds is 10. The molecule has 1 aliphatic carbocycles. The fraction of sp³-hybridized carbons (Fsp3) is 0.500. The van der Waals surface area contributed by atoms with Crippen molar-refractivity contribution in [3.8, 4) is 17.4 Å². The molecule has 0 aromatic carbocycles. The number of nitrogens with one attached hydrogen (secondary N) is 1. The van der Waals surface area contributed by atoms with Gasteiger partial charge in [-0.15, -0.1) is 10.2 Å². The minimum Gasteiger partial charge on any atom is -0.479 e. The van der Waals surface area contributed by atoms with Gasteiger partial charge in [-0.1, -0.05) is 18.5 Å². The lowest BCUT2D eigenvalue weighted by molar-refractivity contribution is 0.0949. The zero-order valence-electron chi connectivity index (χ0n) is 20.3. The Morgan fingerprint density at radius 2 is 1.65 bits per heavy atom. The van der Waals surface area contributed by atoms with Crippen molar-refractivity contribution < 1.29 is 31.4 Å². The van der Waals surface area contributed by atoms with E-state index in [1.54, 1.807) is 0 Å². The molecule has 3 aromatic rings. The highest BCUT2D eigenvalue weighted by molar-refractivity contribution is 7.93. The normalized spacial score (nSPS) is 20.2. The predicted octanol–water partition coefficient (Wildman–Crippen LogP) is 2.40. The van der Waals surface area contributed by atoms with E-state index in [1.807, 2.05) is 0 Å². The molecular formula is C20H23ClF2N8O5S. The number of nitrogens with zero attached hydrogens (tertiary/aromatic N) is 7. The number of ether oxygens (including phenoxy) is 3. The van der Waals surface area contributed by atoms with Gasteiger partial charge in [0.1, 0.15) is 23.5 Å². The van der Waals surface area contributed by atoms with E-state index in [2.05, 4.69) is 34.9 Å². The van der Waals surface area contributed by atoms with E-state index in [9.17, 15) is 17.2 Å². The molecule has 200 valence electrons. The van der Waals surface area contributed by atoms with Gasteiger partial charge < -0.3 is 14.2 Å². The van der Waals surface area contributed by atoms with Crippen LogP contribution in [0.25, 0.3) is 5.69 Å². The van der Waals surface area contributed by atoms with Crippen LogP contribution in [-0.2, 0) is 14.8 Å². The SMILES string of the molecule is COc1ncnc(OC)c1-n1c(NS(=O)(=O)[C@@H](C)[C@H](OC)c2ncc(Cl)cn2)nnc1[C@@H]1[C@@H](C)C1(F)F. The monoisotopic (exact) mass is 560 g/mol. The lowest BCUT2D eigenvalue weighted by Crippen LogP contribution is -2.33. The Labute approximate surface area is 215 Å². The van der Waals surface area contributed by atoms with Gasteiger partial charge >= 0.3 is 0 Å². The molecule has 3 aromatic heterocycles. The Kier molecular flexibility index (Phi) is 7.18. The Hall–Kier alpha value is -3.24. The molecule has 13 nitrogen and oxygen atoms in total. The quantitative estimate of drug-likeness (QED) is 0.388. The molecule has 4 atom stereocenters. The van der Waals surface area contributed by atoms with Crippen molar-refractivity contribution >= 4 is 27.6 Å². The average Bonchev–Trinajstić information content (AvgIpc) is 3.15. The molecule has 0 saturated heterocycles. The van der Waals surface area contributed by atoms with Crippen LogP contribution in [0.2, 0.25) is 5.02 Å². The minimum atomic E-state index is -4.31. The molecule has 1 N–H and O–H groups in total. The van der Waals surface area contributed by atoms with Gasteiger partial charge in [-0.05, 0) is 6.92 Å². The van der Waals surface area contributed by atoms with E-state index in [0.29, 0.717) is 0 Å². The molecule has 0 aliphatic heterocycles. The standard InChI is InChI=1S/C20H23ClF2N8O5S/c1-9-12(20(9,22)23)16-28-29-19(31(16)13-17(35-4)26-8-27-18(13)36-5)30-37(32,33)10(2)14(34-3)15-24-6-11(21)7-25-15/h6-10,12,14H,1-5H3,(H,29,30)/t9-,10+,12+,14+/m1/s1. The molecule has 1 saturated carbocycles. The van der Waals surface area contributed by atoms with Gasteiger partial charge in [-0.25, -0.2) is 27.2 Å². The summed E-state index contributed by atoms with van der Waals surface area (Å²) >= 11 is 5.83. The summed E-state index contributed by atoms with van der Waals surface area (Å²) < 4.78 is 75.0. The van der Waals surface area contributed by atoms with Crippen LogP contribution in [0.4, 0.5) is 14.7 Å². The van der Waals surface area contributed by atoms with E-state index in [-0.39, 0.29) is 34.1 Å². The Bertz CT molecular complexity index is 1370. The van der Waals surface area contributed by atoms with Gasteiger partial charge in [-0.3, -0.25) is 9.29 Å². The van der Waals surface area contributed by atoms with Crippen LogP contribution in [0.15, 0.2) is 18.7 Å². The Morgan fingerprint density at radius 1 is 1.08 bits per heavy atom. The highest BCUT2D eigenvalue weighted by Crippen LogP contribution is 2.61. The summed E-state index contributed by atoms with van der Waals surface area (Å²) in [5, 5.41) is 6.75. The molecule has 37 heavy (non-hydrogen) atoms. The second-order valence-corrected chi connectivity index (χ2v) is 10.6. The zero-order valence-corrected chi connectivity index (χ0v) is 21.8. The van der Waals surface area contributed by atoms with Crippen LogP contribution in [0, 0.1) is 5.92 Å². The highest BCUT2D eigenvalue weighted by Gasteiger charge is 2.68. The van der Waals surface area contributed by atoms with E-state index < -0.39 is 45.1 Å². The van der Waals surface area contributed by atoms with Crippen molar-refractivity contribution in [2.75, 3.05) is 26.1 Å². The fourth-order valence-electron chi connectivity index (χ4n) is 3.86. The lowest BCUT2D eigenvalue weighted by Gasteiger charge is -2.22. The van der Waals surface area contributed by atoms with E-state index in [4.69, 9.17) is 25.8 Å². The third kappa shape index (κ3) is 4.75.